The minimum absolute atomic E-state index is 0.165. The molecule has 0 saturated carbocycles. The Morgan fingerprint density at radius 3 is 2.78 bits per heavy atom. The number of carbonyl (C=O) groups is 1. The van der Waals surface area contributed by atoms with E-state index in [1.165, 1.54) is 18.6 Å². The van der Waals surface area contributed by atoms with Crippen molar-refractivity contribution in [1.82, 2.24) is 25.0 Å². The molecule has 2 aromatic heterocycles. The molecule has 8 heteroatoms. The van der Waals surface area contributed by atoms with Crippen LogP contribution in [0.25, 0.3) is 11.5 Å². The summed E-state index contributed by atoms with van der Waals surface area (Å²) in [7, 11) is 0. The maximum absolute atomic E-state index is 12.0. The second-order valence-electron chi connectivity index (χ2n) is 4.71. The lowest BCUT2D eigenvalue weighted by Crippen LogP contribution is -2.30. The van der Waals surface area contributed by atoms with Crippen molar-refractivity contribution in [2.45, 2.75) is 13.1 Å². The molecule has 3 aromatic rings. The van der Waals surface area contributed by atoms with Gasteiger partial charge < -0.3 is 5.32 Å². The average Bonchev–Trinajstić information content (AvgIpc) is 2.95. The number of amides is 1. The Bertz CT molecular complexity index is 842. The van der Waals surface area contributed by atoms with E-state index in [0.29, 0.717) is 12.2 Å². The fourth-order valence-electron chi connectivity index (χ4n) is 2.00. The molecule has 3 rings (SSSR count). The molecule has 23 heavy (non-hydrogen) atoms. The summed E-state index contributed by atoms with van der Waals surface area (Å²) in [6, 6.07) is 9.47. The van der Waals surface area contributed by atoms with Crippen LogP contribution in [0, 0.1) is 0 Å². The fourth-order valence-corrected chi connectivity index (χ4v) is 2.00. The quantitative estimate of drug-likeness (QED) is 0.740. The van der Waals surface area contributed by atoms with Gasteiger partial charge in [0.25, 0.3) is 0 Å². The lowest BCUT2D eigenvalue weighted by atomic mass is 10.2. The molecule has 1 N–H and O–H groups in total. The average molecular weight is 311 g/mol. The monoisotopic (exact) mass is 311 g/mol. The van der Waals surface area contributed by atoms with E-state index in [2.05, 4.69) is 25.0 Å². The van der Waals surface area contributed by atoms with E-state index in [4.69, 9.17) is 0 Å². The molecule has 1 amide bonds. The van der Waals surface area contributed by atoms with Gasteiger partial charge in [0.05, 0.1) is 6.20 Å². The van der Waals surface area contributed by atoms with Gasteiger partial charge in [0.2, 0.25) is 11.7 Å². The molecule has 2 heterocycles. The van der Waals surface area contributed by atoms with Gasteiger partial charge in [-0.25, -0.2) is 14.3 Å². The van der Waals surface area contributed by atoms with Crippen molar-refractivity contribution >= 4 is 5.91 Å². The molecule has 1 aromatic carbocycles. The first-order valence-corrected chi connectivity index (χ1v) is 6.87. The third-order valence-electron chi connectivity index (χ3n) is 3.11. The molecule has 8 nitrogen and oxygen atoms in total. The molecule has 116 valence electrons. The van der Waals surface area contributed by atoms with Crippen LogP contribution in [0.3, 0.4) is 0 Å². The molecule has 0 unspecified atom stereocenters. The second-order valence-corrected chi connectivity index (χ2v) is 4.71. The van der Waals surface area contributed by atoms with Gasteiger partial charge in [0.1, 0.15) is 12.2 Å². The lowest BCUT2D eigenvalue weighted by molar-refractivity contribution is -0.121. The number of hydrogen-bond acceptors (Lipinski definition) is 6. The minimum atomic E-state index is -0.722. The molecule has 0 saturated heterocycles. The van der Waals surface area contributed by atoms with Crippen molar-refractivity contribution in [2.75, 3.05) is 0 Å². The van der Waals surface area contributed by atoms with E-state index in [-0.39, 0.29) is 18.3 Å². The van der Waals surface area contributed by atoms with Crippen molar-refractivity contribution in [1.29, 1.82) is 0 Å². The first kappa shape index (κ1) is 14.6. The number of carbonyl (C=O) groups excluding carboxylic acids is 1. The van der Waals surface area contributed by atoms with E-state index in [1.54, 1.807) is 0 Å². The first-order chi connectivity index (χ1) is 11.2. The summed E-state index contributed by atoms with van der Waals surface area (Å²) >= 11 is 0. The van der Waals surface area contributed by atoms with Crippen LogP contribution in [-0.2, 0) is 17.9 Å². The van der Waals surface area contributed by atoms with Crippen LogP contribution in [-0.4, -0.2) is 25.6 Å². The van der Waals surface area contributed by atoms with Gasteiger partial charge in [-0.3, -0.25) is 14.3 Å². The van der Waals surface area contributed by atoms with E-state index in [0.717, 1.165) is 10.1 Å². The zero-order valence-corrected chi connectivity index (χ0v) is 12.0. The van der Waals surface area contributed by atoms with E-state index in [1.807, 2.05) is 30.3 Å². The predicted molar refractivity (Wildman–Crippen MR) is 80.1 cm³/mol. The maximum atomic E-state index is 12.0. The number of rotatable bonds is 5. The Morgan fingerprint density at radius 1 is 1.22 bits per heavy atom. The van der Waals surface area contributed by atoms with Crippen LogP contribution >= 0.6 is 0 Å². The van der Waals surface area contributed by atoms with Crippen LogP contribution in [0.4, 0.5) is 0 Å². The number of benzene rings is 1. The zero-order chi connectivity index (χ0) is 16.1. The second kappa shape index (κ2) is 6.65. The normalized spacial score (nSPS) is 10.4. The summed E-state index contributed by atoms with van der Waals surface area (Å²) in [5.41, 5.74) is 1.32. The van der Waals surface area contributed by atoms with Crippen LogP contribution in [0.5, 0.6) is 0 Å². The number of nitrogens with one attached hydrogen (secondary N) is 1. The summed E-state index contributed by atoms with van der Waals surface area (Å²) in [6.07, 6.45) is 4.41. The van der Waals surface area contributed by atoms with E-state index < -0.39 is 5.76 Å². The van der Waals surface area contributed by atoms with Gasteiger partial charge in [-0.15, -0.1) is 0 Å². The fraction of sp³-hybridized carbons (Fsp3) is 0.133. The molecular formula is C15H13N5O3. The van der Waals surface area contributed by atoms with Gasteiger partial charge in [-0.2, -0.15) is 0 Å². The Labute approximate surface area is 130 Å². The molecule has 0 fully saturated rings. The molecule has 0 aliphatic rings. The molecule has 0 bridgehead atoms. The van der Waals surface area contributed by atoms with E-state index >= 15 is 0 Å². The predicted octanol–water partition coefficient (Wildman–Crippen LogP) is 0.610. The molecule has 0 spiro atoms. The van der Waals surface area contributed by atoms with Crippen LogP contribution < -0.4 is 11.1 Å². The maximum Gasteiger partial charge on any atom is 0.442 e. The molecule has 0 aliphatic heterocycles. The van der Waals surface area contributed by atoms with Crippen LogP contribution in [0.15, 0.2) is 58.2 Å². The van der Waals surface area contributed by atoms with Crippen LogP contribution in [0.1, 0.15) is 5.56 Å². The van der Waals surface area contributed by atoms with E-state index in [9.17, 15) is 9.59 Å². The zero-order valence-electron chi connectivity index (χ0n) is 12.0. The lowest BCUT2D eigenvalue weighted by Gasteiger charge is -2.06. The molecular weight excluding hydrogens is 298 g/mol. The molecule has 0 atom stereocenters. The Kier molecular flexibility index (Phi) is 4.23. The Morgan fingerprint density at radius 2 is 2.04 bits per heavy atom. The SMILES string of the molecule is O=C(Cn1c(-c2cnccn2)noc1=O)NCc1ccccc1. The van der Waals surface area contributed by atoms with Crippen molar-refractivity contribution in [3.63, 3.8) is 0 Å². The summed E-state index contributed by atoms with van der Waals surface area (Å²) in [5.74, 6) is -0.886. The summed E-state index contributed by atoms with van der Waals surface area (Å²) < 4.78 is 5.74. The molecule has 0 aliphatic carbocycles. The largest absolute Gasteiger partial charge is 0.442 e. The minimum Gasteiger partial charge on any atom is -0.350 e. The number of hydrogen-bond donors (Lipinski definition) is 1. The van der Waals surface area contributed by atoms with Crippen molar-refractivity contribution in [2.24, 2.45) is 0 Å². The topological polar surface area (TPSA) is 103 Å². The van der Waals surface area contributed by atoms with Crippen molar-refractivity contribution in [3.05, 3.63) is 65.0 Å². The van der Waals surface area contributed by atoms with Gasteiger partial charge >= 0.3 is 5.76 Å². The highest BCUT2D eigenvalue weighted by molar-refractivity contribution is 5.76. The highest BCUT2D eigenvalue weighted by Crippen LogP contribution is 2.10. The van der Waals surface area contributed by atoms with Gasteiger partial charge in [-0.1, -0.05) is 35.5 Å². The molecule has 0 radical (unpaired) electrons. The number of aromatic nitrogens is 4. The van der Waals surface area contributed by atoms with Gasteiger partial charge in [0, 0.05) is 18.9 Å². The number of nitrogens with zero attached hydrogens (tertiary/aromatic N) is 4. The Balaban J connectivity index is 1.72. The highest BCUT2D eigenvalue weighted by atomic mass is 16.5. The van der Waals surface area contributed by atoms with Crippen molar-refractivity contribution in [3.8, 4) is 11.5 Å². The van der Waals surface area contributed by atoms with Gasteiger partial charge in [-0.05, 0) is 5.56 Å². The summed E-state index contributed by atoms with van der Waals surface area (Å²) in [5, 5.41) is 6.39. The van der Waals surface area contributed by atoms with Crippen LogP contribution in [0.2, 0.25) is 0 Å². The third kappa shape index (κ3) is 3.49. The van der Waals surface area contributed by atoms with Gasteiger partial charge in [0.15, 0.2) is 0 Å². The smallest absolute Gasteiger partial charge is 0.350 e. The first-order valence-electron chi connectivity index (χ1n) is 6.87. The summed E-state index contributed by atoms with van der Waals surface area (Å²) in [4.78, 5) is 31.7. The highest BCUT2D eigenvalue weighted by Gasteiger charge is 2.16. The summed E-state index contributed by atoms with van der Waals surface area (Å²) in [6.45, 7) is 0.168. The third-order valence-corrected chi connectivity index (χ3v) is 3.11. The van der Waals surface area contributed by atoms with Crippen molar-refractivity contribution < 1.29 is 9.32 Å². The Hall–Kier alpha value is -3.29. The standard InChI is InChI=1S/C15H13N5O3/c21-13(18-8-11-4-2-1-3-5-11)10-20-14(19-23-15(20)22)12-9-16-6-7-17-12/h1-7,9H,8,10H2,(H,18,21).